The van der Waals surface area contributed by atoms with Gasteiger partial charge >= 0.3 is 5.97 Å². The molecule has 0 aromatic heterocycles. The van der Waals surface area contributed by atoms with Gasteiger partial charge < -0.3 is 15.5 Å². The van der Waals surface area contributed by atoms with Crippen LogP contribution in [0.25, 0.3) is 0 Å². The molecule has 2 unspecified atom stereocenters. The average molecular weight is 207 g/mol. The number of carboxylic acid groups (broad SMARTS) is 1. The molecule has 0 aliphatic rings. The van der Waals surface area contributed by atoms with Crippen molar-refractivity contribution in [2.75, 3.05) is 18.9 Å². The molecule has 0 aliphatic carbocycles. The molecule has 0 bridgehead atoms. The molecule has 78 valence electrons. The summed E-state index contributed by atoms with van der Waals surface area (Å²) in [5.74, 6) is -0.343. The predicted molar refractivity (Wildman–Crippen MR) is 54.1 cm³/mol. The molecule has 0 rings (SSSR count). The van der Waals surface area contributed by atoms with Crippen molar-refractivity contribution in [1.82, 2.24) is 5.32 Å². The Labute approximate surface area is 82.7 Å². The number of carboxylic acids is 1. The number of aliphatic hydroxyl groups excluding tert-OH is 1. The smallest absolute Gasteiger partial charge is 0.321 e. The molecule has 0 heterocycles. The van der Waals surface area contributed by atoms with Gasteiger partial charge in [-0.05, 0) is 6.54 Å². The standard InChI is InChI=1S/C8H17NO3S/c1-3-9-7(8(11)12)5-13-6(2)4-10/h6-7,9-10H,3-5H2,1-2H3,(H,11,12). The summed E-state index contributed by atoms with van der Waals surface area (Å²) >= 11 is 1.46. The van der Waals surface area contributed by atoms with Crippen molar-refractivity contribution in [1.29, 1.82) is 0 Å². The summed E-state index contributed by atoms with van der Waals surface area (Å²) in [5.41, 5.74) is 0. The summed E-state index contributed by atoms with van der Waals surface area (Å²) in [6.45, 7) is 4.47. The lowest BCUT2D eigenvalue weighted by molar-refractivity contribution is -0.138. The Bertz CT molecular complexity index is 154. The highest BCUT2D eigenvalue weighted by molar-refractivity contribution is 7.99. The maximum Gasteiger partial charge on any atom is 0.321 e. The molecule has 0 spiro atoms. The number of hydrogen-bond donors (Lipinski definition) is 3. The van der Waals surface area contributed by atoms with Crippen LogP contribution in [-0.2, 0) is 4.79 Å². The Hall–Kier alpha value is -0.260. The van der Waals surface area contributed by atoms with Crippen molar-refractivity contribution in [3.05, 3.63) is 0 Å². The molecule has 0 amide bonds. The second-order valence-corrected chi connectivity index (χ2v) is 4.25. The van der Waals surface area contributed by atoms with Gasteiger partial charge in [-0.15, -0.1) is 0 Å². The Morgan fingerprint density at radius 2 is 2.23 bits per heavy atom. The summed E-state index contributed by atoms with van der Waals surface area (Å²) in [5, 5.41) is 20.4. The zero-order valence-corrected chi connectivity index (χ0v) is 8.80. The van der Waals surface area contributed by atoms with Gasteiger partial charge in [0.05, 0.1) is 6.61 Å². The van der Waals surface area contributed by atoms with Crippen LogP contribution in [0.2, 0.25) is 0 Å². The van der Waals surface area contributed by atoms with Crippen LogP contribution in [0.3, 0.4) is 0 Å². The van der Waals surface area contributed by atoms with E-state index in [-0.39, 0.29) is 11.9 Å². The van der Waals surface area contributed by atoms with Crippen LogP contribution in [0.1, 0.15) is 13.8 Å². The second-order valence-electron chi connectivity index (χ2n) is 2.78. The molecule has 0 saturated carbocycles. The molecule has 0 radical (unpaired) electrons. The van der Waals surface area contributed by atoms with Crippen LogP contribution < -0.4 is 5.32 Å². The quantitative estimate of drug-likeness (QED) is 0.555. The normalized spacial score (nSPS) is 15.3. The van der Waals surface area contributed by atoms with Crippen LogP contribution in [0.5, 0.6) is 0 Å². The number of nitrogens with one attached hydrogen (secondary N) is 1. The molecular weight excluding hydrogens is 190 g/mol. The van der Waals surface area contributed by atoms with Crippen molar-refractivity contribution in [2.24, 2.45) is 0 Å². The zero-order chi connectivity index (χ0) is 10.3. The highest BCUT2D eigenvalue weighted by Gasteiger charge is 2.16. The van der Waals surface area contributed by atoms with E-state index < -0.39 is 12.0 Å². The van der Waals surface area contributed by atoms with Crippen molar-refractivity contribution in [2.45, 2.75) is 25.1 Å². The molecule has 0 fully saturated rings. The second kappa shape index (κ2) is 7.17. The van der Waals surface area contributed by atoms with Crippen molar-refractivity contribution >= 4 is 17.7 Å². The first-order chi connectivity index (χ1) is 6.11. The third-order valence-electron chi connectivity index (χ3n) is 1.55. The van der Waals surface area contributed by atoms with Crippen LogP contribution in [0.4, 0.5) is 0 Å². The van der Waals surface area contributed by atoms with Gasteiger partial charge in [0.15, 0.2) is 0 Å². The van der Waals surface area contributed by atoms with Gasteiger partial charge in [0.1, 0.15) is 6.04 Å². The summed E-state index contributed by atoms with van der Waals surface area (Å²) in [4.78, 5) is 10.7. The number of aliphatic hydroxyl groups is 1. The minimum absolute atomic E-state index is 0.0864. The van der Waals surface area contributed by atoms with E-state index in [0.717, 1.165) is 0 Å². The molecule has 5 heteroatoms. The first kappa shape index (κ1) is 12.7. The Kier molecular flexibility index (Phi) is 7.03. The topological polar surface area (TPSA) is 69.6 Å². The fourth-order valence-electron chi connectivity index (χ4n) is 0.777. The van der Waals surface area contributed by atoms with E-state index in [0.29, 0.717) is 12.3 Å². The zero-order valence-electron chi connectivity index (χ0n) is 7.99. The third-order valence-corrected chi connectivity index (χ3v) is 2.80. The highest BCUT2D eigenvalue weighted by Crippen LogP contribution is 2.10. The van der Waals surface area contributed by atoms with Crippen molar-refractivity contribution < 1.29 is 15.0 Å². The predicted octanol–water partition coefficient (Wildman–Crippen LogP) is 0.163. The van der Waals surface area contributed by atoms with E-state index >= 15 is 0 Å². The molecule has 0 saturated heterocycles. The summed E-state index contributed by atoms with van der Waals surface area (Å²) < 4.78 is 0. The van der Waals surface area contributed by atoms with Gasteiger partial charge in [-0.1, -0.05) is 13.8 Å². The first-order valence-electron chi connectivity index (χ1n) is 4.30. The molecular formula is C8H17NO3S. The van der Waals surface area contributed by atoms with E-state index in [9.17, 15) is 4.79 Å². The van der Waals surface area contributed by atoms with Gasteiger partial charge in [-0.2, -0.15) is 11.8 Å². The largest absolute Gasteiger partial charge is 0.480 e. The fourth-order valence-corrected chi connectivity index (χ4v) is 1.66. The molecule has 0 aliphatic heterocycles. The van der Waals surface area contributed by atoms with E-state index in [1.54, 1.807) is 0 Å². The number of carbonyl (C=O) groups is 1. The monoisotopic (exact) mass is 207 g/mol. The minimum atomic E-state index is -0.834. The van der Waals surface area contributed by atoms with Crippen LogP contribution >= 0.6 is 11.8 Å². The lowest BCUT2D eigenvalue weighted by Gasteiger charge is -2.14. The molecule has 2 atom stereocenters. The van der Waals surface area contributed by atoms with E-state index in [1.807, 2.05) is 13.8 Å². The van der Waals surface area contributed by atoms with Gasteiger partial charge in [0.2, 0.25) is 0 Å². The van der Waals surface area contributed by atoms with Crippen LogP contribution in [0, 0.1) is 0 Å². The highest BCUT2D eigenvalue weighted by atomic mass is 32.2. The number of hydrogen-bond acceptors (Lipinski definition) is 4. The summed E-state index contributed by atoms with van der Waals surface area (Å²) in [6.07, 6.45) is 0. The Morgan fingerprint density at radius 1 is 1.62 bits per heavy atom. The molecule has 0 aromatic carbocycles. The maximum absolute atomic E-state index is 10.7. The number of aliphatic carboxylic acids is 1. The first-order valence-corrected chi connectivity index (χ1v) is 5.35. The van der Waals surface area contributed by atoms with Gasteiger partial charge in [0.25, 0.3) is 0 Å². The number of rotatable bonds is 7. The lowest BCUT2D eigenvalue weighted by Crippen LogP contribution is -2.39. The maximum atomic E-state index is 10.7. The average Bonchev–Trinajstić information content (AvgIpc) is 2.11. The lowest BCUT2D eigenvalue weighted by atomic mass is 10.3. The van der Waals surface area contributed by atoms with E-state index in [1.165, 1.54) is 11.8 Å². The number of likely N-dealkylation sites (N-methyl/N-ethyl adjacent to an activating group) is 1. The van der Waals surface area contributed by atoms with E-state index in [4.69, 9.17) is 10.2 Å². The van der Waals surface area contributed by atoms with Gasteiger partial charge in [0, 0.05) is 11.0 Å². The molecule has 0 aromatic rings. The molecule has 3 N–H and O–H groups in total. The van der Waals surface area contributed by atoms with Gasteiger partial charge in [-0.3, -0.25) is 4.79 Å². The minimum Gasteiger partial charge on any atom is -0.480 e. The van der Waals surface area contributed by atoms with Crippen LogP contribution in [-0.4, -0.2) is 46.4 Å². The van der Waals surface area contributed by atoms with Crippen molar-refractivity contribution in [3.63, 3.8) is 0 Å². The third kappa shape index (κ3) is 5.90. The Morgan fingerprint density at radius 3 is 2.62 bits per heavy atom. The number of thioether (sulfide) groups is 1. The van der Waals surface area contributed by atoms with Gasteiger partial charge in [-0.25, -0.2) is 0 Å². The van der Waals surface area contributed by atoms with Crippen molar-refractivity contribution in [3.8, 4) is 0 Å². The van der Waals surface area contributed by atoms with E-state index in [2.05, 4.69) is 5.32 Å². The fraction of sp³-hybridized carbons (Fsp3) is 0.875. The molecule has 4 nitrogen and oxygen atoms in total. The summed E-state index contributed by atoms with van der Waals surface area (Å²) in [6, 6.07) is -0.510. The molecule has 13 heavy (non-hydrogen) atoms. The Balaban J connectivity index is 3.75. The summed E-state index contributed by atoms with van der Waals surface area (Å²) in [7, 11) is 0. The van der Waals surface area contributed by atoms with Crippen LogP contribution in [0.15, 0.2) is 0 Å². The SMILES string of the molecule is CCNC(CSC(C)CO)C(=O)O.